The van der Waals surface area contributed by atoms with Crippen molar-refractivity contribution in [2.45, 2.75) is 13.1 Å². The fraction of sp³-hybridized carbons (Fsp3) is 0.0909. The molecule has 0 amide bonds. The molecule has 1 aliphatic heterocycles. The zero-order chi connectivity index (χ0) is 30.8. The smallest absolute Gasteiger partial charge is 0.378 e. The van der Waals surface area contributed by atoms with E-state index in [9.17, 15) is 0 Å². The molecular formula is C44H32N2Pt+2. The number of nitrogens with zero attached hydrogens (tertiary/aromatic N) is 2. The van der Waals surface area contributed by atoms with Crippen molar-refractivity contribution < 1.29 is 21.1 Å². The van der Waals surface area contributed by atoms with E-state index in [-0.39, 0.29) is 21.1 Å². The molecule has 0 radical (unpaired) electrons. The van der Waals surface area contributed by atoms with Crippen molar-refractivity contribution in [3.63, 3.8) is 0 Å². The Balaban J connectivity index is 0.00000324. The summed E-state index contributed by atoms with van der Waals surface area (Å²) in [6.45, 7) is 1.43. The van der Waals surface area contributed by atoms with Gasteiger partial charge in [0.05, 0.1) is 0 Å². The molecule has 0 saturated heterocycles. The first-order chi connectivity index (χ1) is 22.6. The minimum Gasteiger partial charge on any atom is -0.378 e. The zero-order valence-electron chi connectivity index (χ0n) is 26.3. The summed E-state index contributed by atoms with van der Waals surface area (Å²) in [5, 5.41) is 9.90. The molecule has 0 aliphatic carbocycles. The SMILES string of the molecule is CN1Cc2[c-]c(cc3ccccc23)-c2ccc3ccccc3c2N(C)Cc2[c-]c(cc3ccccc23)-c2ccc3ccccc3c21.[Pt+4]. The van der Waals surface area contributed by atoms with Crippen LogP contribution >= 0.6 is 0 Å². The van der Waals surface area contributed by atoms with Crippen molar-refractivity contribution in [2.24, 2.45) is 0 Å². The van der Waals surface area contributed by atoms with Crippen LogP contribution in [-0.2, 0) is 34.2 Å². The predicted molar refractivity (Wildman–Crippen MR) is 196 cm³/mol. The summed E-state index contributed by atoms with van der Waals surface area (Å²) in [5.41, 5.74) is 9.44. The molecule has 0 unspecified atom stereocenters. The topological polar surface area (TPSA) is 6.48 Å². The van der Waals surface area contributed by atoms with Crippen LogP contribution in [0.3, 0.4) is 0 Å². The molecule has 1 heterocycles. The summed E-state index contributed by atoms with van der Waals surface area (Å²) in [5.74, 6) is 0. The second kappa shape index (κ2) is 11.7. The van der Waals surface area contributed by atoms with Crippen LogP contribution in [0, 0.1) is 12.1 Å². The Kier molecular flexibility index (Phi) is 7.35. The zero-order valence-corrected chi connectivity index (χ0v) is 28.6. The normalized spacial score (nSPS) is 12.9. The van der Waals surface area contributed by atoms with E-state index in [4.69, 9.17) is 0 Å². The predicted octanol–water partition coefficient (Wildman–Crippen LogP) is 10.8. The molecule has 226 valence electrons. The Hall–Kier alpha value is -4.91. The molecule has 0 saturated carbocycles. The molecule has 0 aromatic heterocycles. The first kappa shape index (κ1) is 29.5. The van der Waals surface area contributed by atoms with Crippen LogP contribution < -0.4 is 9.80 Å². The van der Waals surface area contributed by atoms with Gasteiger partial charge in [-0.3, -0.25) is 0 Å². The Morgan fingerprint density at radius 3 is 1.21 bits per heavy atom. The van der Waals surface area contributed by atoms with Gasteiger partial charge in [-0.05, 0) is 21.5 Å². The van der Waals surface area contributed by atoms with Crippen molar-refractivity contribution in [2.75, 3.05) is 23.9 Å². The van der Waals surface area contributed by atoms with Crippen molar-refractivity contribution in [3.8, 4) is 22.3 Å². The van der Waals surface area contributed by atoms with E-state index in [0.717, 1.165) is 11.1 Å². The van der Waals surface area contributed by atoms with Crippen LogP contribution in [0.2, 0.25) is 0 Å². The molecule has 8 aromatic carbocycles. The second-order valence-electron chi connectivity index (χ2n) is 12.6. The molecule has 2 nitrogen and oxygen atoms in total. The van der Waals surface area contributed by atoms with E-state index in [0.29, 0.717) is 13.1 Å². The molecule has 4 bridgehead atoms. The van der Waals surface area contributed by atoms with Crippen molar-refractivity contribution in [1.82, 2.24) is 0 Å². The van der Waals surface area contributed by atoms with Crippen LogP contribution in [0.4, 0.5) is 11.4 Å². The monoisotopic (exact) mass is 783 g/mol. The third-order valence-electron chi connectivity index (χ3n) is 9.68. The summed E-state index contributed by atoms with van der Waals surface area (Å²) < 4.78 is 0. The molecule has 8 aromatic rings. The van der Waals surface area contributed by atoms with E-state index >= 15 is 0 Å². The van der Waals surface area contributed by atoms with E-state index < -0.39 is 0 Å². The number of anilines is 2. The van der Waals surface area contributed by atoms with Crippen LogP contribution in [-0.4, -0.2) is 14.1 Å². The molecule has 0 spiro atoms. The Morgan fingerprint density at radius 2 is 0.787 bits per heavy atom. The number of hydrogen-bond acceptors (Lipinski definition) is 2. The average Bonchev–Trinajstić information content (AvgIpc) is 3.10. The molecule has 0 atom stereocenters. The second-order valence-corrected chi connectivity index (χ2v) is 12.6. The number of rotatable bonds is 0. The van der Waals surface area contributed by atoms with Crippen molar-refractivity contribution in [3.05, 3.63) is 157 Å². The summed E-state index contributed by atoms with van der Waals surface area (Å²) in [7, 11) is 4.45. The minimum atomic E-state index is 0. The van der Waals surface area contributed by atoms with Crippen LogP contribution in [0.15, 0.2) is 133 Å². The van der Waals surface area contributed by atoms with E-state index in [1.165, 1.54) is 76.7 Å². The van der Waals surface area contributed by atoms with Gasteiger partial charge in [-0.2, -0.15) is 0 Å². The molecule has 0 fully saturated rings. The van der Waals surface area contributed by atoms with Crippen LogP contribution in [0.5, 0.6) is 0 Å². The largest absolute Gasteiger partial charge is 4.00 e. The fourth-order valence-electron chi connectivity index (χ4n) is 7.58. The van der Waals surface area contributed by atoms with Gasteiger partial charge in [0.15, 0.2) is 0 Å². The maximum absolute atomic E-state index is 3.95. The third kappa shape index (κ3) is 4.91. The first-order valence-corrected chi connectivity index (χ1v) is 16.0. The average molecular weight is 784 g/mol. The Morgan fingerprint density at radius 1 is 0.426 bits per heavy atom. The Labute approximate surface area is 290 Å². The van der Waals surface area contributed by atoms with Gasteiger partial charge in [0.2, 0.25) is 0 Å². The number of fused-ring (bicyclic) bond motifs is 16. The summed E-state index contributed by atoms with van der Waals surface area (Å²) in [6.07, 6.45) is 0. The number of hydrogen-bond donors (Lipinski definition) is 0. The standard InChI is InChI=1S/C44H32N2.Pt/c1-45-27-35-25-34(24-31-13-5-7-15-37(31)35)42-22-20-30-12-4-10-18-40(30)44(42)46(2)28-36-26-33(23-32-14-6-8-16-38(32)36)41-21-19-29-11-3-9-17-39(29)43(41)45;/h3-24H,27-28H2,1-2H3;/q-2;+4. The first-order valence-electron chi connectivity index (χ1n) is 16.0. The molecule has 1 aliphatic rings. The van der Waals surface area contributed by atoms with E-state index in [1.807, 2.05) is 0 Å². The summed E-state index contributed by atoms with van der Waals surface area (Å²) >= 11 is 0. The van der Waals surface area contributed by atoms with Crippen LogP contribution in [0.25, 0.3) is 65.3 Å². The van der Waals surface area contributed by atoms with Gasteiger partial charge in [-0.15, -0.1) is 57.3 Å². The van der Waals surface area contributed by atoms with E-state index in [1.54, 1.807) is 0 Å². The summed E-state index contributed by atoms with van der Waals surface area (Å²) in [6, 6.07) is 56.6. The number of benzene rings is 8. The molecule has 0 N–H and O–H groups in total. The van der Waals surface area contributed by atoms with Gasteiger partial charge >= 0.3 is 21.1 Å². The van der Waals surface area contributed by atoms with Gasteiger partial charge < -0.3 is 9.80 Å². The maximum atomic E-state index is 3.95. The third-order valence-corrected chi connectivity index (χ3v) is 9.68. The van der Waals surface area contributed by atoms with Gasteiger partial charge in [0, 0.05) is 38.6 Å². The Bertz CT molecular complexity index is 2310. The quantitative estimate of drug-likeness (QED) is 0.141. The minimum absolute atomic E-state index is 0. The fourth-order valence-corrected chi connectivity index (χ4v) is 7.58. The van der Waals surface area contributed by atoms with Crippen molar-refractivity contribution >= 4 is 54.5 Å². The van der Waals surface area contributed by atoms with Gasteiger partial charge in [-0.1, -0.05) is 143 Å². The van der Waals surface area contributed by atoms with Gasteiger partial charge in [0.25, 0.3) is 0 Å². The molecular weight excluding hydrogens is 752 g/mol. The van der Waals surface area contributed by atoms with E-state index in [2.05, 4.69) is 169 Å². The van der Waals surface area contributed by atoms with Gasteiger partial charge in [-0.25, -0.2) is 0 Å². The molecule has 47 heavy (non-hydrogen) atoms. The van der Waals surface area contributed by atoms with Gasteiger partial charge in [0.1, 0.15) is 0 Å². The molecule has 3 heteroatoms. The van der Waals surface area contributed by atoms with Crippen molar-refractivity contribution in [1.29, 1.82) is 0 Å². The van der Waals surface area contributed by atoms with Crippen LogP contribution in [0.1, 0.15) is 11.1 Å². The summed E-state index contributed by atoms with van der Waals surface area (Å²) in [4.78, 5) is 4.84. The maximum Gasteiger partial charge on any atom is 4.00 e. The molecule has 9 rings (SSSR count).